The first-order valence-electron chi connectivity index (χ1n) is 10.8. The highest BCUT2D eigenvalue weighted by Crippen LogP contribution is 2.37. The van der Waals surface area contributed by atoms with E-state index >= 15 is 0 Å². The van der Waals surface area contributed by atoms with Crippen molar-refractivity contribution < 1.29 is 18.0 Å². The molecule has 2 aromatic heterocycles. The lowest BCUT2D eigenvalue weighted by Gasteiger charge is -2.42. The minimum atomic E-state index is -2.68. The van der Waals surface area contributed by atoms with Crippen molar-refractivity contribution in [2.24, 2.45) is 0 Å². The van der Waals surface area contributed by atoms with E-state index < -0.39 is 35.2 Å². The van der Waals surface area contributed by atoms with Gasteiger partial charge in [0.15, 0.2) is 11.0 Å². The van der Waals surface area contributed by atoms with Gasteiger partial charge in [-0.05, 0) is 52.1 Å². The third-order valence-electron chi connectivity index (χ3n) is 5.08. The van der Waals surface area contributed by atoms with Crippen molar-refractivity contribution in [1.82, 2.24) is 19.9 Å². The van der Waals surface area contributed by atoms with Crippen LogP contribution < -0.4 is 4.90 Å². The Kier molecular flexibility index (Phi) is 4.11. The number of carbonyl (C=O) groups is 1. The van der Waals surface area contributed by atoms with Gasteiger partial charge in [-0.15, -0.1) is 0 Å². The van der Waals surface area contributed by atoms with Crippen LogP contribution in [-0.2, 0) is 4.74 Å². The van der Waals surface area contributed by atoms with E-state index in [0.29, 0.717) is 13.1 Å². The third-order valence-corrected chi connectivity index (χ3v) is 5.50. The molecular formula is C19H22Cl2FN5O2. The summed E-state index contributed by atoms with van der Waals surface area (Å²) in [5.41, 5.74) is -1.32. The molecule has 10 heteroatoms. The Morgan fingerprint density at radius 1 is 1.21 bits per heavy atom. The largest absolute Gasteiger partial charge is 0.444 e. The maximum Gasteiger partial charge on any atom is 0.410 e. The monoisotopic (exact) mass is 444 g/mol. The van der Waals surface area contributed by atoms with E-state index in [1.807, 2.05) is 4.90 Å². The second-order valence-corrected chi connectivity index (χ2v) is 8.98. The van der Waals surface area contributed by atoms with Crippen LogP contribution in [-0.4, -0.2) is 56.7 Å². The van der Waals surface area contributed by atoms with Gasteiger partial charge in [0.25, 0.3) is 0 Å². The molecule has 2 unspecified atom stereocenters. The molecule has 2 aliphatic heterocycles. The van der Waals surface area contributed by atoms with E-state index in [0.717, 1.165) is 12.8 Å². The molecule has 156 valence electrons. The standard InChI is InChI=1S/C19H22Cl2FN5O2/c1-9-12-14(13(22)15(20)23-9)24-17(21)25-16(12)26-7-10-5-6-11(8-26)27(10)18(28)29-19(2,3)4/h10-11H,5-8H2,1-4H3/i1D3. The summed E-state index contributed by atoms with van der Waals surface area (Å²) in [6.07, 6.45) is 1.11. The van der Waals surface area contributed by atoms with Crippen LogP contribution in [0, 0.1) is 12.7 Å². The molecule has 2 bridgehead atoms. The Morgan fingerprint density at radius 3 is 2.45 bits per heavy atom. The molecule has 0 aromatic carbocycles. The van der Waals surface area contributed by atoms with Gasteiger partial charge in [-0.1, -0.05) is 11.6 Å². The molecule has 0 radical (unpaired) electrons. The first-order chi connectivity index (χ1) is 14.8. The zero-order valence-electron chi connectivity index (χ0n) is 19.2. The summed E-state index contributed by atoms with van der Waals surface area (Å²) in [5.74, 6) is -0.800. The molecule has 0 spiro atoms. The number of hydrogen-bond donors (Lipinski definition) is 0. The van der Waals surface area contributed by atoms with Crippen molar-refractivity contribution in [3.8, 4) is 0 Å². The summed E-state index contributed by atoms with van der Waals surface area (Å²) < 4.78 is 43.9. The summed E-state index contributed by atoms with van der Waals surface area (Å²) in [6.45, 7) is 3.44. The molecule has 2 saturated heterocycles. The first-order valence-corrected chi connectivity index (χ1v) is 10.0. The van der Waals surface area contributed by atoms with Gasteiger partial charge in [0, 0.05) is 17.2 Å². The van der Waals surface area contributed by atoms with Crippen molar-refractivity contribution in [1.29, 1.82) is 0 Å². The summed E-state index contributed by atoms with van der Waals surface area (Å²) >= 11 is 11.9. The van der Waals surface area contributed by atoms with Gasteiger partial charge in [-0.2, -0.15) is 4.98 Å². The van der Waals surface area contributed by atoms with E-state index in [1.54, 1.807) is 25.7 Å². The molecular weight excluding hydrogens is 420 g/mol. The molecule has 2 aromatic rings. The maximum atomic E-state index is 14.8. The van der Waals surface area contributed by atoms with Crippen molar-refractivity contribution in [3.63, 3.8) is 0 Å². The van der Waals surface area contributed by atoms with Crippen LogP contribution in [0.2, 0.25) is 10.4 Å². The van der Waals surface area contributed by atoms with Crippen molar-refractivity contribution in [2.75, 3.05) is 18.0 Å². The zero-order chi connectivity index (χ0) is 23.6. The molecule has 2 atom stereocenters. The minimum absolute atomic E-state index is 0.0542. The molecule has 29 heavy (non-hydrogen) atoms. The molecule has 0 N–H and O–H groups in total. The van der Waals surface area contributed by atoms with Crippen LogP contribution in [0.15, 0.2) is 0 Å². The van der Waals surface area contributed by atoms with Crippen LogP contribution in [0.3, 0.4) is 0 Å². The molecule has 0 saturated carbocycles. The molecule has 0 aliphatic carbocycles. The molecule has 4 rings (SSSR count). The highest BCUT2D eigenvalue weighted by Gasteiger charge is 2.45. The number of amides is 1. The fourth-order valence-corrected chi connectivity index (χ4v) is 4.36. The number of aryl methyl sites for hydroxylation is 1. The Labute approximate surface area is 182 Å². The number of piperazine rings is 1. The van der Waals surface area contributed by atoms with E-state index in [-0.39, 0.29) is 34.1 Å². The Hall–Kier alpha value is -1.93. The summed E-state index contributed by atoms with van der Waals surface area (Å²) in [6, 6.07) is -0.345. The number of nitrogens with zero attached hydrogens (tertiary/aromatic N) is 5. The van der Waals surface area contributed by atoms with Crippen LogP contribution in [0.5, 0.6) is 0 Å². The predicted molar refractivity (Wildman–Crippen MR) is 109 cm³/mol. The Balaban J connectivity index is 1.77. The predicted octanol–water partition coefficient (Wildman–Crippen LogP) is 4.37. The quantitative estimate of drug-likeness (QED) is 0.480. The number of fused-ring (bicyclic) bond motifs is 3. The van der Waals surface area contributed by atoms with E-state index in [1.165, 1.54) is 0 Å². The molecule has 4 heterocycles. The lowest BCUT2D eigenvalue weighted by atomic mass is 10.1. The Morgan fingerprint density at radius 2 is 1.86 bits per heavy atom. The number of ether oxygens (including phenoxy) is 1. The number of anilines is 1. The molecule has 1 amide bonds. The molecule has 2 fully saturated rings. The van der Waals surface area contributed by atoms with Crippen LogP contribution in [0.25, 0.3) is 10.9 Å². The van der Waals surface area contributed by atoms with Gasteiger partial charge < -0.3 is 9.64 Å². The number of pyridine rings is 1. The smallest absolute Gasteiger partial charge is 0.410 e. The fraction of sp³-hybridized carbons (Fsp3) is 0.579. The van der Waals surface area contributed by atoms with Gasteiger partial charge in [0.2, 0.25) is 5.28 Å². The third kappa shape index (κ3) is 3.68. The highest BCUT2D eigenvalue weighted by atomic mass is 35.5. The van der Waals surface area contributed by atoms with E-state index in [4.69, 9.17) is 32.1 Å². The van der Waals surface area contributed by atoms with E-state index in [9.17, 15) is 9.18 Å². The van der Waals surface area contributed by atoms with Crippen molar-refractivity contribution in [2.45, 2.75) is 58.1 Å². The molecule has 2 aliphatic rings. The average Bonchev–Trinajstić information content (AvgIpc) is 2.92. The number of halogens is 3. The fourth-order valence-electron chi connectivity index (χ4n) is 4.02. The molecule has 7 nitrogen and oxygen atoms in total. The maximum absolute atomic E-state index is 14.8. The van der Waals surface area contributed by atoms with Gasteiger partial charge in [0.1, 0.15) is 16.9 Å². The van der Waals surface area contributed by atoms with Crippen LogP contribution in [0.1, 0.15) is 43.4 Å². The van der Waals surface area contributed by atoms with Gasteiger partial charge in [-0.25, -0.2) is 19.2 Å². The SMILES string of the molecule is [2H]C([2H])([2H])c1nc(Cl)c(F)c2nc(Cl)nc(N3CC4CCC(C3)N4C(=O)OC(C)(C)C)c12. The van der Waals surface area contributed by atoms with Gasteiger partial charge >= 0.3 is 6.09 Å². The van der Waals surface area contributed by atoms with Gasteiger partial charge in [0.05, 0.1) is 23.2 Å². The second-order valence-electron chi connectivity index (χ2n) is 8.28. The first kappa shape index (κ1) is 16.8. The lowest BCUT2D eigenvalue weighted by molar-refractivity contribution is 0.0123. The Bertz CT molecular complexity index is 1080. The number of rotatable bonds is 1. The second kappa shape index (κ2) is 7.09. The number of aromatic nitrogens is 3. The topological polar surface area (TPSA) is 71.5 Å². The van der Waals surface area contributed by atoms with E-state index in [2.05, 4.69) is 15.0 Å². The minimum Gasteiger partial charge on any atom is -0.444 e. The highest BCUT2D eigenvalue weighted by molar-refractivity contribution is 6.31. The summed E-state index contributed by atoms with van der Waals surface area (Å²) in [4.78, 5) is 28.2. The van der Waals surface area contributed by atoms with Crippen LogP contribution >= 0.6 is 23.2 Å². The number of carbonyl (C=O) groups excluding carboxylic acids is 1. The van der Waals surface area contributed by atoms with Crippen molar-refractivity contribution in [3.05, 3.63) is 21.9 Å². The zero-order valence-corrected chi connectivity index (χ0v) is 17.7. The normalized spacial score (nSPS) is 23.7. The number of hydrogen-bond acceptors (Lipinski definition) is 6. The average molecular weight is 445 g/mol. The summed E-state index contributed by atoms with van der Waals surface area (Å²) in [7, 11) is 0. The van der Waals surface area contributed by atoms with Gasteiger partial charge in [-0.3, -0.25) is 4.90 Å². The summed E-state index contributed by atoms with van der Waals surface area (Å²) in [5, 5.41) is -0.896. The lowest BCUT2D eigenvalue weighted by Crippen LogP contribution is -2.57. The van der Waals surface area contributed by atoms with Crippen LogP contribution in [0.4, 0.5) is 15.0 Å². The van der Waals surface area contributed by atoms with Crippen molar-refractivity contribution >= 4 is 46.0 Å².